The first-order chi connectivity index (χ1) is 12.6. The minimum Gasteiger partial charge on any atom is -0.340 e. The Kier molecular flexibility index (Phi) is 4.57. The molecule has 3 heterocycles. The first-order valence-electron chi connectivity index (χ1n) is 9.70. The number of benzene rings is 1. The lowest BCUT2D eigenvalue weighted by Gasteiger charge is -2.46. The van der Waals surface area contributed by atoms with Gasteiger partial charge in [-0.3, -0.25) is 9.48 Å². The van der Waals surface area contributed by atoms with E-state index in [-0.39, 0.29) is 11.3 Å². The molecule has 2 aliphatic heterocycles. The SMILES string of the molecule is CC1(c2ccccc2)CCCN(C(=O)C2(n3cccn3)CCNCC2)C1. The van der Waals surface area contributed by atoms with E-state index in [2.05, 4.69) is 52.6 Å². The van der Waals surface area contributed by atoms with Crippen molar-refractivity contribution in [1.82, 2.24) is 20.0 Å². The fourth-order valence-electron chi connectivity index (χ4n) is 4.69. The maximum atomic E-state index is 13.7. The monoisotopic (exact) mass is 352 g/mol. The number of rotatable bonds is 3. The Bertz CT molecular complexity index is 737. The summed E-state index contributed by atoms with van der Waals surface area (Å²) < 4.78 is 1.91. The fraction of sp³-hybridized carbons (Fsp3) is 0.524. The molecule has 0 spiro atoms. The van der Waals surface area contributed by atoms with Crippen LogP contribution in [0.25, 0.3) is 0 Å². The third-order valence-corrected chi connectivity index (χ3v) is 6.23. The molecular formula is C21H28N4O. The van der Waals surface area contributed by atoms with Crippen molar-refractivity contribution in [3.63, 3.8) is 0 Å². The Morgan fingerprint density at radius 1 is 1.12 bits per heavy atom. The highest BCUT2D eigenvalue weighted by Crippen LogP contribution is 2.37. The molecule has 0 aliphatic carbocycles. The summed E-state index contributed by atoms with van der Waals surface area (Å²) in [7, 11) is 0. The minimum absolute atomic E-state index is 0.0212. The highest BCUT2D eigenvalue weighted by molar-refractivity contribution is 5.85. The van der Waals surface area contributed by atoms with Crippen molar-refractivity contribution in [1.29, 1.82) is 0 Å². The third-order valence-electron chi connectivity index (χ3n) is 6.23. The van der Waals surface area contributed by atoms with E-state index in [0.717, 1.165) is 51.9 Å². The zero-order chi connectivity index (χ0) is 18.0. The van der Waals surface area contributed by atoms with Crippen LogP contribution in [0.1, 0.15) is 38.2 Å². The van der Waals surface area contributed by atoms with Crippen LogP contribution in [-0.2, 0) is 15.7 Å². The Hall–Kier alpha value is -2.14. The fourth-order valence-corrected chi connectivity index (χ4v) is 4.69. The quantitative estimate of drug-likeness (QED) is 0.924. The van der Waals surface area contributed by atoms with Crippen molar-refractivity contribution in [3.8, 4) is 0 Å². The molecule has 1 aromatic heterocycles. The van der Waals surface area contributed by atoms with Gasteiger partial charge in [-0.1, -0.05) is 37.3 Å². The molecule has 1 aromatic carbocycles. The standard InChI is InChI=1S/C21H28N4O/c1-20(18-7-3-2-4-8-18)9-5-15-24(17-20)19(26)21(10-13-22-14-11-21)25-16-6-12-23-25/h2-4,6-8,12,16,22H,5,9-11,13-15,17H2,1H3. The van der Waals surface area contributed by atoms with Crippen LogP contribution in [0, 0.1) is 0 Å². The topological polar surface area (TPSA) is 50.2 Å². The number of hydrogen-bond donors (Lipinski definition) is 1. The van der Waals surface area contributed by atoms with Crippen LogP contribution in [-0.4, -0.2) is 46.8 Å². The molecule has 0 bridgehead atoms. The number of carbonyl (C=O) groups is 1. The molecular weight excluding hydrogens is 324 g/mol. The maximum absolute atomic E-state index is 13.7. The molecule has 1 N–H and O–H groups in total. The van der Waals surface area contributed by atoms with Crippen molar-refractivity contribution < 1.29 is 4.79 Å². The predicted octanol–water partition coefficient (Wildman–Crippen LogP) is 2.54. The van der Waals surface area contributed by atoms with Gasteiger partial charge in [-0.2, -0.15) is 5.10 Å². The highest BCUT2D eigenvalue weighted by atomic mass is 16.2. The first kappa shape index (κ1) is 17.3. The van der Waals surface area contributed by atoms with E-state index in [1.807, 2.05) is 16.9 Å². The van der Waals surface area contributed by atoms with Gasteiger partial charge in [0.1, 0.15) is 5.54 Å². The van der Waals surface area contributed by atoms with Crippen LogP contribution < -0.4 is 5.32 Å². The van der Waals surface area contributed by atoms with Gasteiger partial charge in [0.15, 0.2) is 0 Å². The highest BCUT2D eigenvalue weighted by Gasteiger charge is 2.46. The summed E-state index contributed by atoms with van der Waals surface area (Å²) in [4.78, 5) is 15.8. The second kappa shape index (κ2) is 6.88. The average molecular weight is 352 g/mol. The lowest BCUT2D eigenvalue weighted by molar-refractivity contribution is -0.145. The van der Waals surface area contributed by atoms with Gasteiger partial charge in [-0.05, 0) is 50.4 Å². The van der Waals surface area contributed by atoms with Crippen LogP contribution in [0.5, 0.6) is 0 Å². The number of nitrogens with one attached hydrogen (secondary N) is 1. The normalized spacial score (nSPS) is 25.8. The van der Waals surface area contributed by atoms with Gasteiger partial charge in [0.2, 0.25) is 0 Å². The van der Waals surface area contributed by atoms with E-state index in [1.54, 1.807) is 6.20 Å². The molecule has 2 saturated heterocycles. The average Bonchev–Trinajstić information content (AvgIpc) is 3.24. The van der Waals surface area contributed by atoms with Crippen molar-refractivity contribution in [2.45, 2.75) is 43.6 Å². The van der Waals surface area contributed by atoms with E-state index >= 15 is 0 Å². The minimum atomic E-state index is -0.538. The molecule has 2 aromatic rings. The molecule has 2 aliphatic rings. The van der Waals surface area contributed by atoms with Gasteiger partial charge in [-0.25, -0.2) is 0 Å². The predicted molar refractivity (Wildman–Crippen MR) is 102 cm³/mol. The van der Waals surface area contributed by atoms with Crippen molar-refractivity contribution >= 4 is 5.91 Å². The lowest BCUT2D eigenvalue weighted by Crippen LogP contribution is -2.59. The summed E-state index contributed by atoms with van der Waals surface area (Å²) in [6, 6.07) is 12.6. The number of piperidine rings is 2. The van der Waals surface area contributed by atoms with Gasteiger partial charge < -0.3 is 10.2 Å². The summed E-state index contributed by atoms with van der Waals surface area (Å²) in [6.07, 6.45) is 7.49. The number of amides is 1. The molecule has 5 nitrogen and oxygen atoms in total. The Balaban J connectivity index is 1.62. The largest absolute Gasteiger partial charge is 0.340 e. The number of hydrogen-bond acceptors (Lipinski definition) is 3. The molecule has 138 valence electrons. The van der Waals surface area contributed by atoms with Crippen LogP contribution in [0.3, 0.4) is 0 Å². The molecule has 0 saturated carbocycles. The van der Waals surface area contributed by atoms with Crippen LogP contribution in [0.4, 0.5) is 0 Å². The zero-order valence-electron chi connectivity index (χ0n) is 15.5. The van der Waals surface area contributed by atoms with E-state index < -0.39 is 5.54 Å². The van der Waals surface area contributed by atoms with E-state index in [0.29, 0.717) is 0 Å². The second-order valence-electron chi connectivity index (χ2n) is 7.99. The summed E-state index contributed by atoms with van der Waals surface area (Å²) in [5.41, 5.74) is 0.813. The van der Waals surface area contributed by atoms with E-state index in [1.165, 1.54) is 5.56 Å². The third kappa shape index (κ3) is 2.94. The molecule has 26 heavy (non-hydrogen) atoms. The Morgan fingerprint density at radius 3 is 2.58 bits per heavy atom. The Labute approximate surface area is 155 Å². The van der Waals surface area contributed by atoms with Gasteiger partial charge in [0.05, 0.1) is 0 Å². The number of nitrogens with zero attached hydrogens (tertiary/aromatic N) is 3. The smallest absolute Gasteiger partial charge is 0.250 e. The van der Waals surface area contributed by atoms with Gasteiger partial charge in [0.25, 0.3) is 5.91 Å². The number of aromatic nitrogens is 2. The van der Waals surface area contributed by atoms with Crippen LogP contribution in [0.2, 0.25) is 0 Å². The summed E-state index contributed by atoms with van der Waals surface area (Å²) >= 11 is 0. The van der Waals surface area contributed by atoms with Gasteiger partial charge in [-0.15, -0.1) is 0 Å². The number of carbonyl (C=O) groups excluding carboxylic acids is 1. The Morgan fingerprint density at radius 2 is 1.88 bits per heavy atom. The summed E-state index contributed by atoms with van der Waals surface area (Å²) in [5, 5.41) is 7.85. The molecule has 2 fully saturated rings. The van der Waals surface area contributed by atoms with Crippen molar-refractivity contribution in [2.75, 3.05) is 26.2 Å². The van der Waals surface area contributed by atoms with Crippen LogP contribution in [0.15, 0.2) is 48.8 Å². The van der Waals surface area contributed by atoms with E-state index in [9.17, 15) is 4.79 Å². The first-order valence-corrected chi connectivity index (χ1v) is 9.70. The van der Waals surface area contributed by atoms with Gasteiger partial charge in [0, 0.05) is 30.9 Å². The zero-order valence-corrected chi connectivity index (χ0v) is 15.5. The van der Waals surface area contributed by atoms with E-state index in [4.69, 9.17) is 0 Å². The lowest BCUT2D eigenvalue weighted by atomic mass is 9.75. The molecule has 4 rings (SSSR count). The maximum Gasteiger partial charge on any atom is 0.250 e. The number of likely N-dealkylation sites (tertiary alicyclic amines) is 1. The molecule has 1 atom stereocenters. The molecule has 0 radical (unpaired) electrons. The van der Waals surface area contributed by atoms with Crippen molar-refractivity contribution in [3.05, 3.63) is 54.4 Å². The molecule has 1 unspecified atom stereocenters. The molecule has 5 heteroatoms. The summed E-state index contributed by atoms with van der Waals surface area (Å²) in [6.45, 7) is 5.64. The second-order valence-corrected chi connectivity index (χ2v) is 7.99. The summed E-state index contributed by atoms with van der Waals surface area (Å²) in [5.74, 6) is 0.240. The molecule has 1 amide bonds. The van der Waals surface area contributed by atoms with Crippen LogP contribution >= 0.6 is 0 Å². The van der Waals surface area contributed by atoms with Gasteiger partial charge >= 0.3 is 0 Å². The van der Waals surface area contributed by atoms with Crippen molar-refractivity contribution in [2.24, 2.45) is 0 Å².